The smallest absolute Gasteiger partial charge is 0.408 e. The fourth-order valence-corrected chi connectivity index (χ4v) is 4.59. The molecule has 1 N–H and O–H groups in total. The number of halogens is 2. The van der Waals surface area contributed by atoms with E-state index < -0.39 is 35.2 Å². The van der Waals surface area contributed by atoms with E-state index in [1.807, 2.05) is 12.1 Å². The summed E-state index contributed by atoms with van der Waals surface area (Å²) in [6.45, 7) is 5.11. The maximum absolute atomic E-state index is 13.7. The number of thioether (sulfide) groups is 1. The molecule has 1 heterocycles. The van der Waals surface area contributed by atoms with E-state index in [1.165, 1.54) is 28.8 Å². The Morgan fingerprint density at radius 3 is 2.41 bits per heavy atom. The van der Waals surface area contributed by atoms with E-state index in [9.17, 15) is 23.5 Å². The molecule has 1 aliphatic rings. The first kappa shape index (κ1) is 21.1. The summed E-state index contributed by atoms with van der Waals surface area (Å²) in [5.41, 5.74) is 0.0720. The molecule has 2 amide bonds. The van der Waals surface area contributed by atoms with Crippen molar-refractivity contribution in [3.05, 3.63) is 59.7 Å². The number of amides is 2. The molecule has 0 saturated carbocycles. The zero-order chi connectivity index (χ0) is 21.3. The third kappa shape index (κ3) is 4.53. The predicted octanol–water partition coefficient (Wildman–Crippen LogP) is 4.75. The molecule has 154 valence electrons. The molecule has 1 atom stereocenters. The summed E-state index contributed by atoms with van der Waals surface area (Å²) in [5.74, 6) is -1.65. The summed E-state index contributed by atoms with van der Waals surface area (Å²) in [6, 6.07) is 9.36. The molecule has 0 radical (unpaired) electrons. The number of hydrogen-bond donors (Lipinski definition) is 1. The van der Waals surface area contributed by atoms with Gasteiger partial charge in [-0.25, -0.2) is 13.6 Å². The lowest BCUT2D eigenvalue weighted by Gasteiger charge is -2.39. The summed E-state index contributed by atoms with van der Waals surface area (Å²) in [4.78, 5) is 28.8. The number of para-hydroxylation sites is 1. The monoisotopic (exact) mass is 420 g/mol. The van der Waals surface area contributed by atoms with Gasteiger partial charge in [-0.1, -0.05) is 12.1 Å². The molecule has 0 aliphatic carbocycles. The van der Waals surface area contributed by atoms with Crippen molar-refractivity contribution in [2.45, 2.75) is 43.8 Å². The van der Waals surface area contributed by atoms with Gasteiger partial charge in [0, 0.05) is 22.3 Å². The lowest BCUT2D eigenvalue weighted by molar-refractivity contribution is -0.124. The van der Waals surface area contributed by atoms with Gasteiger partial charge in [-0.05, 0) is 50.6 Å². The molecule has 29 heavy (non-hydrogen) atoms. The SMILES string of the molecule is CC(C)(C)N(C(=O)O)[C@H]1CSc2ccccc2N(Cc2cc(F)cc(F)c2)C1=O. The molecule has 0 unspecified atom stereocenters. The van der Waals surface area contributed by atoms with Gasteiger partial charge in [0.05, 0.1) is 12.2 Å². The molecule has 1 aliphatic heterocycles. The minimum atomic E-state index is -1.20. The Kier molecular flexibility index (Phi) is 5.84. The highest BCUT2D eigenvalue weighted by Gasteiger charge is 2.41. The maximum atomic E-state index is 13.7. The second-order valence-electron chi connectivity index (χ2n) is 7.82. The van der Waals surface area contributed by atoms with Crippen LogP contribution in [0.25, 0.3) is 0 Å². The number of anilines is 1. The molecule has 0 spiro atoms. The van der Waals surface area contributed by atoms with E-state index >= 15 is 0 Å². The number of carbonyl (C=O) groups is 2. The van der Waals surface area contributed by atoms with Crippen LogP contribution in [0, 0.1) is 11.6 Å². The average Bonchev–Trinajstić information content (AvgIpc) is 2.72. The van der Waals surface area contributed by atoms with Crippen molar-refractivity contribution in [1.29, 1.82) is 0 Å². The molecule has 0 fully saturated rings. The van der Waals surface area contributed by atoms with E-state index in [-0.39, 0.29) is 17.9 Å². The maximum Gasteiger partial charge on any atom is 0.408 e. The molecule has 2 aromatic carbocycles. The normalized spacial score (nSPS) is 16.9. The van der Waals surface area contributed by atoms with Gasteiger partial charge >= 0.3 is 6.09 Å². The fourth-order valence-electron chi connectivity index (χ4n) is 3.46. The lowest BCUT2D eigenvalue weighted by atomic mass is 10.0. The van der Waals surface area contributed by atoms with Crippen molar-refractivity contribution in [3.63, 3.8) is 0 Å². The van der Waals surface area contributed by atoms with E-state index in [4.69, 9.17) is 0 Å². The van der Waals surface area contributed by atoms with Gasteiger partial charge in [-0.3, -0.25) is 9.69 Å². The largest absolute Gasteiger partial charge is 0.465 e. The van der Waals surface area contributed by atoms with Crippen LogP contribution in [0.1, 0.15) is 26.3 Å². The van der Waals surface area contributed by atoms with Crippen LogP contribution in [0.5, 0.6) is 0 Å². The van der Waals surface area contributed by atoms with E-state index in [1.54, 1.807) is 32.9 Å². The Labute approximate surface area is 172 Å². The van der Waals surface area contributed by atoms with Crippen molar-refractivity contribution in [1.82, 2.24) is 4.90 Å². The number of carboxylic acid groups (broad SMARTS) is 1. The third-order valence-corrected chi connectivity index (χ3v) is 5.75. The number of nitrogens with zero attached hydrogens (tertiary/aromatic N) is 2. The highest BCUT2D eigenvalue weighted by Crippen LogP contribution is 2.37. The molecule has 0 saturated heterocycles. The van der Waals surface area contributed by atoms with Gasteiger partial charge in [0.25, 0.3) is 5.91 Å². The van der Waals surface area contributed by atoms with E-state index in [2.05, 4.69) is 0 Å². The van der Waals surface area contributed by atoms with Crippen LogP contribution in [-0.4, -0.2) is 39.3 Å². The Hall–Kier alpha value is -2.61. The molecule has 5 nitrogen and oxygen atoms in total. The Morgan fingerprint density at radius 2 is 1.83 bits per heavy atom. The first-order valence-corrected chi connectivity index (χ1v) is 10.1. The zero-order valence-corrected chi connectivity index (χ0v) is 17.2. The Bertz CT molecular complexity index is 926. The van der Waals surface area contributed by atoms with E-state index in [0.717, 1.165) is 15.9 Å². The lowest BCUT2D eigenvalue weighted by Crippen LogP contribution is -2.58. The summed E-state index contributed by atoms with van der Waals surface area (Å²) < 4.78 is 27.4. The van der Waals surface area contributed by atoms with Crippen molar-refractivity contribution in [2.75, 3.05) is 10.7 Å². The quantitative estimate of drug-likeness (QED) is 0.778. The highest BCUT2D eigenvalue weighted by atomic mass is 32.2. The van der Waals surface area contributed by atoms with Gasteiger partial charge in [-0.2, -0.15) is 0 Å². The molecule has 2 aromatic rings. The number of fused-ring (bicyclic) bond motifs is 1. The first-order valence-electron chi connectivity index (χ1n) is 9.08. The van der Waals surface area contributed by atoms with Crippen LogP contribution >= 0.6 is 11.8 Å². The van der Waals surface area contributed by atoms with Crippen LogP contribution in [-0.2, 0) is 11.3 Å². The summed E-state index contributed by atoms with van der Waals surface area (Å²) >= 11 is 1.39. The second kappa shape index (κ2) is 8.02. The van der Waals surface area contributed by atoms with Gasteiger partial charge in [0.1, 0.15) is 17.7 Å². The standard InChI is InChI=1S/C21H22F2N2O3S/c1-21(2,3)25(20(27)28)17-12-29-18-7-5-4-6-16(18)24(19(17)26)11-13-8-14(22)10-15(23)9-13/h4-10,17H,11-12H2,1-3H3,(H,27,28)/t17-/m0/s1. The van der Waals surface area contributed by atoms with Crippen molar-refractivity contribution >= 4 is 29.4 Å². The molecule has 0 aromatic heterocycles. The molecule has 0 bridgehead atoms. The number of rotatable bonds is 3. The second-order valence-corrected chi connectivity index (χ2v) is 8.88. The molecular formula is C21H22F2N2O3S. The number of carbonyl (C=O) groups excluding carboxylic acids is 1. The fraction of sp³-hybridized carbons (Fsp3) is 0.333. The average molecular weight is 420 g/mol. The summed E-state index contributed by atoms with van der Waals surface area (Å²) in [7, 11) is 0. The van der Waals surface area contributed by atoms with Crippen LogP contribution < -0.4 is 4.90 Å². The number of hydrogen-bond acceptors (Lipinski definition) is 3. The topological polar surface area (TPSA) is 60.9 Å². The highest BCUT2D eigenvalue weighted by molar-refractivity contribution is 7.99. The van der Waals surface area contributed by atoms with Crippen molar-refractivity contribution < 1.29 is 23.5 Å². The molecular weight excluding hydrogens is 398 g/mol. The minimum absolute atomic E-state index is 0.0702. The van der Waals surface area contributed by atoms with Crippen molar-refractivity contribution in [2.24, 2.45) is 0 Å². The summed E-state index contributed by atoms with van der Waals surface area (Å²) in [6.07, 6.45) is -1.20. The first-order chi connectivity index (χ1) is 13.6. The van der Waals surface area contributed by atoms with Crippen LogP contribution in [0.3, 0.4) is 0 Å². The molecule has 3 rings (SSSR count). The minimum Gasteiger partial charge on any atom is -0.465 e. The van der Waals surface area contributed by atoms with Crippen LogP contribution in [0.15, 0.2) is 47.4 Å². The van der Waals surface area contributed by atoms with Gasteiger partial charge in [0.15, 0.2) is 0 Å². The third-order valence-electron chi connectivity index (χ3n) is 4.61. The van der Waals surface area contributed by atoms with E-state index in [0.29, 0.717) is 5.69 Å². The van der Waals surface area contributed by atoms with Crippen molar-refractivity contribution in [3.8, 4) is 0 Å². The Morgan fingerprint density at radius 1 is 1.21 bits per heavy atom. The van der Waals surface area contributed by atoms with Gasteiger partial charge < -0.3 is 10.0 Å². The summed E-state index contributed by atoms with van der Waals surface area (Å²) in [5, 5.41) is 9.78. The van der Waals surface area contributed by atoms with Crippen LogP contribution in [0.4, 0.5) is 19.3 Å². The van der Waals surface area contributed by atoms with Gasteiger partial charge in [0.2, 0.25) is 0 Å². The van der Waals surface area contributed by atoms with Gasteiger partial charge in [-0.15, -0.1) is 11.8 Å². The Balaban J connectivity index is 2.06. The zero-order valence-electron chi connectivity index (χ0n) is 16.4. The predicted molar refractivity (Wildman–Crippen MR) is 108 cm³/mol. The molecule has 8 heteroatoms. The number of benzene rings is 2. The van der Waals surface area contributed by atoms with Crippen LogP contribution in [0.2, 0.25) is 0 Å².